The molecule has 3 aromatic rings. The van der Waals surface area contributed by atoms with Gasteiger partial charge in [0.05, 0.1) is 29.2 Å². The van der Waals surface area contributed by atoms with E-state index in [2.05, 4.69) is 16.5 Å². The number of para-hydroxylation sites is 1. The Labute approximate surface area is 156 Å². The molecule has 1 amide bonds. The number of halogens is 1. The molecule has 0 radical (unpaired) electrons. The third-order valence-corrected chi connectivity index (χ3v) is 4.42. The van der Waals surface area contributed by atoms with E-state index in [4.69, 9.17) is 11.6 Å². The molecule has 2 aromatic carbocycles. The maximum atomic E-state index is 12.7. The summed E-state index contributed by atoms with van der Waals surface area (Å²) in [6.45, 7) is 3.82. The molecular formula is C20H17ClN4O. The summed E-state index contributed by atoms with van der Waals surface area (Å²) in [6.07, 6.45) is 1.52. The van der Waals surface area contributed by atoms with Gasteiger partial charge in [-0.25, -0.2) is 4.68 Å². The van der Waals surface area contributed by atoms with Crippen molar-refractivity contribution in [1.82, 2.24) is 15.1 Å². The lowest BCUT2D eigenvalue weighted by atomic mass is 10.1. The summed E-state index contributed by atoms with van der Waals surface area (Å²) in [4.78, 5) is 12.7. The van der Waals surface area contributed by atoms with Gasteiger partial charge in [-0.05, 0) is 43.2 Å². The van der Waals surface area contributed by atoms with Gasteiger partial charge in [0.25, 0.3) is 5.91 Å². The highest BCUT2D eigenvalue weighted by atomic mass is 35.5. The zero-order valence-electron chi connectivity index (χ0n) is 14.4. The molecule has 0 aliphatic rings. The number of nitriles is 1. The van der Waals surface area contributed by atoms with Gasteiger partial charge in [0.15, 0.2) is 0 Å². The van der Waals surface area contributed by atoms with Gasteiger partial charge >= 0.3 is 0 Å². The van der Waals surface area contributed by atoms with Gasteiger partial charge in [0.2, 0.25) is 0 Å². The van der Waals surface area contributed by atoms with Crippen molar-refractivity contribution in [3.05, 3.63) is 82.1 Å². The first-order valence-electron chi connectivity index (χ1n) is 8.08. The number of rotatable bonds is 4. The fourth-order valence-corrected chi connectivity index (χ4v) is 2.96. The van der Waals surface area contributed by atoms with Gasteiger partial charge in [-0.1, -0.05) is 41.9 Å². The van der Waals surface area contributed by atoms with Gasteiger partial charge < -0.3 is 5.32 Å². The number of carbonyl (C=O) groups is 1. The number of hydrogen-bond donors (Lipinski definition) is 1. The molecule has 26 heavy (non-hydrogen) atoms. The molecule has 0 spiro atoms. The van der Waals surface area contributed by atoms with Crippen LogP contribution in [-0.4, -0.2) is 15.7 Å². The topological polar surface area (TPSA) is 70.7 Å². The van der Waals surface area contributed by atoms with Crippen LogP contribution in [0.15, 0.2) is 54.7 Å². The van der Waals surface area contributed by atoms with Gasteiger partial charge in [0.1, 0.15) is 6.04 Å². The maximum absolute atomic E-state index is 12.7. The lowest BCUT2D eigenvalue weighted by molar-refractivity contribution is 0.0944. The number of nitrogens with zero attached hydrogens (tertiary/aromatic N) is 3. The van der Waals surface area contributed by atoms with Gasteiger partial charge in [0, 0.05) is 5.02 Å². The normalized spacial score (nSPS) is 11.6. The number of amides is 1. The minimum atomic E-state index is -0.789. The number of aryl methyl sites for hydroxylation is 1. The summed E-state index contributed by atoms with van der Waals surface area (Å²) in [5, 5.41) is 17.0. The highest BCUT2D eigenvalue weighted by molar-refractivity contribution is 6.30. The maximum Gasteiger partial charge on any atom is 0.256 e. The van der Waals surface area contributed by atoms with E-state index in [9.17, 15) is 10.1 Å². The first-order valence-corrected chi connectivity index (χ1v) is 8.45. The van der Waals surface area contributed by atoms with E-state index < -0.39 is 6.04 Å². The van der Waals surface area contributed by atoms with E-state index >= 15 is 0 Å². The Bertz CT molecular complexity index is 1000. The van der Waals surface area contributed by atoms with Crippen LogP contribution in [0.2, 0.25) is 5.02 Å². The smallest absolute Gasteiger partial charge is 0.256 e. The Balaban J connectivity index is 1.87. The predicted octanol–water partition coefficient (Wildman–Crippen LogP) is 4.14. The van der Waals surface area contributed by atoms with Crippen molar-refractivity contribution in [1.29, 1.82) is 5.26 Å². The minimum absolute atomic E-state index is 0.353. The standard InChI is InChI=1S/C20H17ClN4O/c1-13-6-3-4-9-19(13)25-14(2)17(12-23-25)20(26)24-18(11-22)15-7-5-8-16(21)10-15/h3-10,12,18H,1-2H3,(H,24,26)/t18-/m1/s1. The summed E-state index contributed by atoms with van der Waals surface area (Å²) in [7, 11) is 0. The van der Waals surface area contributed by atoms with Crippen molar-refractivity contribution >= 4 is 17.5 Å². The first kappa shape index (κ1) is 17.7. The summed E-state index contributed by atoms with van der Waals surface area (Å²) >= 11 is 5.98. The zero-order chi connectivity index (χ0) is 18.7. The second-order valence-electron chi connectivity index (χ2n) is 5.93. The fourth-order valence-electron chi connectivity index (χ4n) is 2.76. The Hall–Kier alpha value is -3.10. The Morgan fingerprint density at radius 1 is 1.23 bits per heavy atom. The SMILES string of the molecule is Cc1ccccc1-n1ncc(C(=O)N[C@H](C#N)c2cccc(Cl)c2)c1C. The summed E-state index contributed by atoms with van der Waals surface area (Å²) in [6, 6.07) is 16.0. The third kappa shape index (κ3) is 3.46. The van der Waals surface area contributed by atoms with Crippen molar-refractivity contribution in [2.45, 2.75) is 19.9 Å². The van der Waals surface area contributed by atoms with Crippen molar-refractivity contribution in [3.63, 3.8) is 0 Å². The molecule has 0 saturated carbocycles. The van der Waals surface area contributed by atoms with E-state index in [1.165, 1.54) is 6.20 Å². The summed E-state index contributed by atoms with van der Waals surface area (Å²) < 4.78 is 1.73. The van der Waals surface area contributed by atoms with Crippen LogP contribution in [0.5, 0.6) is 0 Å². The second kappa shape index (κ2) is 7.42. The number of hydrogen-bond acceptors (Lipinski definition) is 3. The van der Waals surface area contributed by atoms with Crippen LogP contribution in [0.4, 0.5) is 0 Å². The zero-order valence-corrected chi connectivity index (χ0v) is 15.2. The van der Waals surface area contributed by atoms with E-state index in [1.807, 2.05) is 38.1 Å². The predicted molar refractivity (Wildman–Crippen MR) is 100 cm³/mol. The lowest BCUT2D eigenvalue weighted by Crippen LogP contribution is -2.28. The quantitative estimate of drug-likeness (QED) is 0.756. The molecule has 3 rings (SSSR count). The molecule has 1 atom stereocenters. The van der Waals surface area contributed by atoms with Crippen LogP contribution in [0.3, 0.4) is 0 Å². The van der Waals surface area contributed by atoms with E-state index in [0.717, 1.165) is 11.3 Å². The highest BCUT2D eigenvalue weighted by Crippen LogP contribution is 2.20. The average molecular weight is 365 g/mol. The van der Waals surface area contributed by atoms with Crippen molar-refractivity contribution in [3.8, 4) is 11.8 Å². The van der Waals surface area contributed by atoms with Crippen molar-refractivity contribution < 1.29 is 4.79 Å². The van der Waals surface area contributed by atoms with Crippen LogP contribution in [0.25, 0.3) is 5.69 Å². The number of benzene rings is 2. The number of aromatic nitrogens is 2. The van der Waals surface area contributed by atoms with Gasteiger partial charge in [-0.15, -0.1) is 0 Å². The van der Waals surface area contributed by atoms with Crippen LogP contribution in [0.1, 0.15) is 33.2 Å². The van der Waals surface area contributed by atoms with Crippen molar-refractivity contribution in [2.75, 3.05) is 0 Å². The fraction of sp³-hybridized carbons (Fsp3) is 0.150. The minimum Gasteiger partial charge on any atom is -0.332 e. The van der Waals surface area contributed by atoms with E-state index in [0.29, 0.717) is 21.8 Å². The summed E-state index contributed by atoms with van der Waals surface area (Å²) in [5.74, 6) is -0.353. The largest absolute Gasteiger partial charge is 0.332 e. The Morgan fingerprint density at radius 2 is 2.00 bits per heavy atom. The number of carbonyl (C=O) groups excluding carboxylic acids is 1. The molecule has 5 nitrogen and oxygen atoms in total. The van der Waals surface area contributed by atoms with E-state index in [1.54, 1.807) is 28.9 Å². The number of nitrogens with one attached hydrogen (secondary N) is 1. The molecule has 0 unspecified atom stereocenters. The molecular weight excluding hydrogens is 348 g/mol. The molecule has 0 fully saturated rings. The lowest BCUT2D eigenvalue weighted by Gasteiger charge is -2.12. The van der Waals surface area contributed by atoms with Crippen LogP contribution < -0.4 is 5.32 Å². The molecule has 1 aromatic heterocycles. The van der Waals surface area contributed by atoms with Crippen LogP contribution in [-0.2, 0) is 0 Å². The monoisotopic (exact) mass is 364 g/mol. The van der Waals surface area contributed by atoms with Crippen molar-refractivity contribution in [2.24, 2.45) is 0 Å². The Kier molecular flexibility index (Phi) is 5.06. The molecule has 0 saturated heterocycles. The molecule has 1 N–H and O–H groups in total. The highest BCUT2D eigenvalue weighted by Gasteiger charge is 2.20. The van der Waals surface area contributed by atoms with E-state index in [-0.39, 0.29) is 5.91 Å². The molecule has 0 bridgehead atoms. The van der Waals surface area contributed by atoms with Crippen LogP contribution >= 0.6 is 11.6 Å². The third-order valence-electron chi connectivity index (χ3n) is 4.18. The molecule has 6 heteroatoms. The van der Waals surface area contributed by atoms with Gasteiger partial charge in [-0.3, -0.25) is 4.79 Å². The second-order valence-corrected chi connectivity index (χ2v) is 6.37. The summed E-state index contributed by atoms with van der Waals surface area (Å²) in [5.41, 5.74) is 3.74. The first-order chi connectivity index (χ1) is 12.5. The average Bonchev–Trinajstić information content (AvgIpc) is 3.01. The molecule has 1 heterocycles. The van der Waals surface area contributed by atoms with Crippen LogP contribution in [0, 0.1) is 25.2 Å². The Morgan fingerprint density at radius 3 is 2.69 bits per heavy atom. The molecule has 0 aliphatic carbocycles. The van der Waals surface area contributed by atoms with Gasteiger partial charge in [-0.2, -0.15) is 10.4 Å². The molecule has 130 valence electrons. The molecule has 0 aliphatic heterocycles.